The molecule has 7 heteroatoms. The van der Waals surface area contributed by atoms with Crippen LogP contribution in [0.3, 0.4) is 0 Å². The lowest BCUT2D eigenvalue weighted by atomic mass is 9.96. The summed E-state index contributed by atoms with van der Waals surface area (Å²) in [5.74, 6) is 1.67. The van der Waals surface area contributed by atoms with Gasteiger partial charge in [-0.25, -0.2) is 0 Å². The predicted molar refractivity (Wildman–Crippen MR) is 147 cm³/mol. The number of aromatic nitrogens is 2. The molecule has 0 aliphatic carbocycles. The molecule has 2 atom stereocenters. The zero-order valence-corrected chi connectivity index (χ0v) is 21.8. The van der Waals surface area contributed by atoms with E-state index in [0.29, 0.717) is 11.7 Å². The predicted octanol–water partition coefficient (Wildman–Crippen LogP) is 6.07. The van der Waals surface area contributed by atoms with E-state index in [9.17, 15) is 0 Å². The van der Waals surface area contributed by atoms with Crippen LogP contribution in [-0.2, 0) is 0 Å². The lowest BCUT2D eigenvalue weighted by molar-refractivity contribution is 0.340. The van der Waals surface area contributed by atoms with Crippen LogP contribution in [0.15, 0.2) is 79.0 Å². The van der Waals surface area contributed by atoms with Crippen LogP contribution in [0.1, 0.15) is 41.7 Å². The molecule has 2 aromatic heterocycles. The molecule has 0 unspecified atom stereocenters. The van der Waals surface area contributed by atoms with Crippen molar-refractivity contribution in [2.75, 3.05) is 18.6 Å². The van der Waals surface area contributed by atoms with Crippen LogP contribution in [0.25, 0.3) is 5.69 Å². The first kappa shape index (κ1) is 23.9. The Hall–Kier alpha value is -3.84. The van der Waals surface area contributed by atoms with E-state index in [-0.39, 0.29) is 12.1 Å². The third-order valence-corrected chi connectivity index (χ3v) is 6.94. The molecule has 2 aromatic carbocycles. The molecule has 0 bridgehead atoms. The van der Waals surface area contributed by atoms with E-state index in [4.69, 9.17) is 21.7 Å². The van der Waals surface area contributed by atoms with Crippen LogP contribution in [0.4, 0.5) is 5.69 Å². The molecule has 1 saturated heterocycles. The van der Waals surface area contributed by atoms with Crippen molar-refractivity contribution in [2.45, 2.75) is 32.9 Å². The second-order valence-electron chi connectivity index (χ2n) is 8.79. The van der Waals surface area contributed by atoms with Crippen molar-refractivity contribution in [1.29, 1.82) is 0 Å². The number of hydrogen-bond donors (Lipinski definition) is 1. The normalized spacial score (nSPS) is 17.2. The summed E-state index contributed by atoms with van der Waals surface area (Å²) in [7, 11) is 1.69. The second-order valence-corrected chi connectivity index (χ2v) is 9.17. The molecule has 184 valence electrons. The Kier molecular flexibility index (Phi) is 6.65. The van der Waals surface area contributed by atoms with Gasteiger partial charge in [-0.3, -0.25) is 4.98 Å². The average molecular weight is 499 g/mol. The van der Waals surface area contributed by atoms with Gasteiger partial charge in [0.15, 0.2) is 5.11 Å². The lowest BCUT2D eigenvalue weighted by Gasteiger charge is -2.28. The molecule has 0 amide bonds. The molecule has 0 radical (unpaired) electrons. The van der Waals surface area contributed by atoms with E-state index in [1.165, 1.54) is 5.56 Å². The van der Waals surface area contributed by atoms with Gasteiger partial charge in [0, 0.05) is 35.0 Å². The standard InChI is InChI=1S/C29H30N4O2S/c1-5-35-23-14-12-21(13-15-23)33-28(27(31-29(33)36)26-11-6-7-16-30-26)25-17-19(2)32(20(25)3)22-9-8-10-24(18-22)34-4/h6-18,27-28H,5H2,1-4H3,(H,31,36)/t27-,28+/m0/s1. The van der Waals surface area contributed by atoms with E-state index in [0.717, 1.165) is 40.0 Å². The maximum atomic E-state index is 5.90. The number of hydrogen-bond acceptors (Lipinski definition) is 4. The van der Waals surface area contributed by atoms with Crippen molar-refractivity contribution < 1.29 is 9.47 Å². The Morgan fingerprint density at radius 3 is 2.44 bits per heavy atom. The van der Waals surface area contributed by atoms with Gasteiger partial charge in [0.1, 0.15) is 11.5 Å². The van der Waals surface area contributed by atoms with Gasteiger partial charge in [0.25, 0.3) is 0 Å². The van der Waals surface area contributed by atoms with Crippen molar-refractivity contribution in [1.82, 2.24) is 14.9 Å². The first-order chi connectivity index (χ1) is 17.5. The number of methoxy groups -OCH3 is 1. The van der Waals surface area contributed by atoms with Crippen molar-refractivity contribution >= 4 is 23.0 Å². The molecule has 6 nitrogen and oxygen atoms in total. The molecule has 1 aliphatic rings. The summed E-state index contributed by atoms with van der Waals surface area (Å²) in [6.45, 7) is 6.91. The van der Waals surface area contributed by atoms with Gasteiger partial charge in [-0.1, -0.05) is 12.1 Å². The topological polar surface area (TPSA) is 51.5 Å². The fourth-order valence-corrected chi connectivity index (χ4v) is 5.40. The minimum absolute atomic E-state index is 0.0871. The molecular formula is C29H30N4O2S. The second kappa shape index (κ2) is 10.0. The zero-order valence-electron chi connectivity index (χ0n) is 20.9. The van der Waals surface area contributed by atoms with Gasteiger partial charge >= 0.3 is 0 Å². The van der Waals surface area contributed by atoms with Crippen molar-refractivity contribution in [2.24, 2.45) is 0 Å². The maximum Gasteiger partial charge on any atom is 0.174 e. The highest BCUT2D eigenvalue weighted by atomic mass is 32.1. The number of aryl methyl sites for hydroxylation is 1. The molecule has 1 aliphatic heterocycles. The van der Waals surface area contributed by atoms with Gasteiger partial charge in [0.05, 0.1) is 31.5 Å². The number of thiocarbonyl (C=S) groups is 1. The minimum atomic E-state index is -0.107. The smallest absolute Gasteiger partial charge is 0.174 e. The van der Waals surface area contributed by atoms with E-state index in [1.54, 1.807) is 7.11 Å². The third kappa shape index (κ3) is 4.31. The maximum absolute atomic E-state index is 5.90. The highest BCUT2D eigenvalue weighted by Gasteiger charge is 2.42. The van der Waals surface area contributed by atoms with E-state index in [2.05, 4.69) is 70.0 Å². The molecule has 1 fully saturated rings. The third-order valence-electron chi connectivity index (χ3n) is 6.62. The quantitative estimate of drug-likeness (QED) is 0.312. The summed E-state index contributed by atoms with van der Waals surface area (Å²) in [6, 6.07) is 24.3. The number of nitrogens with zero attached hydrogens (tertiary/aromatic N) is 3. The first-order valence-electron chi connectivity index (χ1n) is 12.1. The Morgan fingerprint density at radius 1 is 0.944 bits per heavy atom. The van der Waals surface area contributed by atoms with Crippen LogP contribution in [0, 0.1) is 13.8 Å². The molecule has 36 heavy (non-hydrogen) atoms. The molecule has 5 rings (SSSR count). The number of nitrogens with one attached hydrogen (secondary N) is 1. The van der Waals surface area contributed by atoms with E-state index < -0.39 is 0 Å². The zero-order chi connectivity index (χ0) is 25.2. The monoisotopic (exact) mass is 498 g/mol. The molecular weight excluding hydrogens is 468 g/mol. The number of ether oxygens (including phenoxy) is 2. The highest BCUT2D eigenvalue weighted by molar-refractivity contribution is 7.80. The molecule has 1 N–H and O–H groups in total. The van der Waals surface area contributed by atoms with Gasteiger partial charge in [0.2, 0.25) is 0 Å². The van der Waals surface area contributed by atoms with E-state index >= 15 is 0 Å². The summed E-state index contributed by atoms with van der Waals surface area (Å²) in [6.07, 6.45) is 1.83. The molecule has 3 heterocycles. The summed E-state index contributed by atoms with van der Waals surface area (Å²) in [5.41, 5.74) is 6.49. The summed E-state index contributed by atoms with van der Waals surface area (Å²) < 4.78 is 13.4. The molecule has 4 aromatic rings. The van der Waals surface area contributed by atoms with Gasteiger partial charge < -0.3 is 24.3 Å². The van der Waals surface area contributed by atoms with Crippen LogP contribution in [-0.4, -0.2) is 28.4 Å². The molecule has 0 saturated carbocycles. The Labute approximate surface area is 217 Å². The highest BCUT2D eigenvalue weighted by Crippen LogP contribution is 2.44. The van der Waals surface area contributed by atoms with Crippen LogP contribution < -0.4 is 19.7 Å². The average Bonchev–Trinajstić information content (AvgIpc) is 3.40. The van der Waals surface area contributed by atoms with Gasteiger partial charge in [-0.15, -0.1) is 0 Å². The number of benzene rings is 2. The first-order valence-corrected chi connectivity index (χ1v) is 12.5. The Balaban J connectivity index is 1.64. The SMILES string of the molecule is CCOc1ccc(N2C(=S)N[C@@H](c3ccccn3)[C@H]2c2cc(C)n(-c3cccc(OC)c3)c2C)cc1. The Bertz CT molecular complexity index is 1370. The van der Waals surface area contributed by atoms with Gasteiger partial charge in [-0.2, -0.15) is 0 Å². The Morgan fingerprint density at radius 2 is 1.75 bits per heavy atom. The fourth-order valence-electron chi connectivity index (χ4n) is 5.05. The van der Waals surface area contributed by atoms with Crippen LogP contribution in [0.2, 0.25) is 0 Å². The van der Waals surface area contributed by atoms with Crippen molar-refractivity contribution in [3.8, 4) is 17.2 Å². The number of anilines is 1. The van der Waals surface area contributed by atoms with Gasteiger partial charge in [-0.05, 0) is 93.1 Å². The van der Waals surface area contributed by atoms with Crippen LogP contribution >= 0.6 is 12.2 Å². The lowest BCUT2D eigenvalue weighted by Crippen LogP contribution is -2.29. The number of rotatable bonds is 7. The van der Waals surface area contributed by atoms with Crippen LogP contribution in [0.5, 0.6) is 11.5 Å². The summed E-state index contributed by atoms with van der Waals surface area (Å²) >= 11 is 5.90. The molecule has 0 spiro atoms. The summed E-state index contributed by atoms with van der Waals surface area (Å²) in [5, 5.41) is 4.23. The van der Waals surface area contributed by atoms with E-state index in [1.807, 2.05) is 49.5 Å². The van der Waals surface area contributed by atoms with Crippen molar-refractivity contribution in [3.05, 3.63) is 102 Å². The fraction of sp³-hybridized carbons (Fsp3) is 0.241. The summed E-state index contributed by atoms with van der Waals surface area (Å²) in [4.78, 5) is 6.88. The minimum Gasteiger partial charge on any atom is -0.497 e. The largest absolute Gasteiger partial charge is 0.497 e. The van der Waals surface area contributed by atoms with Crippen molar-refractivity contribution in [3.63, 3.8) is 0 Å². The number of pyridine rings is 1.